The molecule has 0 radical (unpaired) electrons. The van der Waals surface area contributed by atoms with Crippen LogP contribution in [0, 0.1) is 0 Å². The predicted octanol–water partition coefficient (Wildman–Crippen LogP) is 0.102. The van der Waals surface area contributed by atoms with Gasteiger partial charge in [-0.25, -0.2) is 4.68 Å². The number of rotatable bonds is 4. The fourth-order valence-corrected chi connectivity index (χ4v) is 3.91. The van der Waals surface area contributed by atoms with E-state index in [9.17, 15) is 19.5 Å². The molecule has 10 heteroatoms. The van der Waals surface area contributed by atoms with E-state index in [2.05, 4.69) is 10.3 Å². The van der Waals surface area contributed by atoms with E-state index in [-0.39, 0.29) is 23.2 Å². The van der Waals surface area contributed by atoms with Crippen LogP contribution in [-0.4, -0.2) is 55.2 Å². The number of nitrogens with zero attached hydrogens (tertiary/aromatic N) is 5. The van der Waals surface area contributed by atoms with Crippen molar-refractivity contribution in [1.29, 1.82) is 0 Å². The molecular weight excluding hydrogens is 414 g/mol. The first-order valence-corrected chi connectivity index (χ1v) is 9.56. The summed E-state index contributed by atoms with van der Waals surface area (Å²) in [7, 11) is 1.31. The second kappa shape index (κ2) is 7.52. The second-order valence-electron chi connectivity index (χ2n) is 7.37. The van der Waals surface area contributed by atoms with Gasteiger partial charge in [0.2, 0.25) is 5.60 Å². The minimum Gasteiger partial charge on any atom is -0.412 e. The Morgan fingerprint density at radius 2 is 1.69 bits per heavy atom. The Morgan fingerprint density at radius 3 is 2.38 bits per heavy atom. The van der Waals surface area contributed by atoms with Crippen LogP contribution >= 0.6 is 0 Å². The van der Waals surface area contributed by atoms with Crippen molar-refractivity contribution in [1.82, 2.24) is 19.9 Å². The van der Waals surface area contributed by atoms with Crippen molar-refractivity contribution in [2.75, 3.05) is 11.9 Å². The highest BCUT2D eigenvalue weighted by Gasteiger charge is 2.56. The molecular formula is C22H19N5O5. The summed E-state index contributed by atoms with van der Waals surface area (Å²) in [6.45, 7) is 0.0379. The predicted molar refractivity (Wildman–Crippen MR) is 112 cm³/mol. The van der Waals surface area contributed by atoms with Crippen LogP contribution in [0.4, 0.5) is 5.69 Å². The van der Waals surface area contributed by atoms with E-state index in [1.165, 1.54) is 11.9 Å². The van der Waals surface area contributed by atoms with E-state index >= 15 is 0 Å². The van der Waals surface area contributed by atoms with Gasteiger partial charge in [-0.15, -0.1) is 5.10 Å². The Labute approximate surface area is 182 Å². The number of anilines is 1. The lowest BCUT2D eigenvalue weighted by molar-refractivity contribution is -0.140. The molecule has 5 rings (SSSR count). The first-order valence-electron chi connectivity index (χ1n) is 9.56. The number of para-hydroxylation sites is 2. The largest absolute Gasteiger partial charge is 0.412 e. The zero-order valence-electron chi connectivity index (χ0n) is 17.0. The van der Waals surface area contributed by atoms with Gasteiger partial charge < -0.3 is 15.5 Å². The number of benzene rings is 2. The van der Waals surface area contributed by atoms with Gasteiger partial charge in [0.1, 0.15) is 5.69 Å². The molecule has 0 bridgehead atoms. The van der Waals surface area contributed by atoms with Crippen LogP contribution in [-0.2, 0) is 26.5 Å². The minimum absolute atomic E-state index is 0. The molecule has 0 spiro atoms. The zero-order chi connectivity index (χ0) is 21.8. The van der Waals surface area contributed by atoms with Gasteiger partial charge >= 0.3 is 0 Å². The Bertz CT molecular complexity index is 1270. The van der Waals surface area contributed by atoms with Gasteiger partial charge in [-0.05, 0) is 18.2 Å². The summed E-state index contributed by atoms with van der Waals surface area (Å²) in [5.74, 6) is -2.00. The van der Waals surface area contributed by atoms with E-state index in [1.807, 2.05) is 30.3 Å². The van der Waals surface area contributed by atoms with Gasteiger partial charge in [-0.1, -0.05) is 41.6 Å². The molecule has 1 aromatic heterocycles. The first-order chi connectivity index (χ1) is 14.9. The molecule has 2 aliphatic rings. The number of carbonyl (C=O) groups is 3. The molecule has 162 valence electrons. The van der Waals surface area contributed by atoms with Gasteiger partial charge in [0.15, 0.2) is 0 Å². The maximum absolute atomic E-state index is 13.4. The highest BCUT2D eigenvalue weighted by Crippen LogP contribution is 2.46. The van der Waals surface area contributed by atoms with Gasteiger partial charge in [0, 0.05) is 18.7 Å². The SMILES string of the molecule is CN1C(=O)C=C([C@]2(O)C(=O)N(Cc3cn(-c4ccccc4)nn3)c3ccccc32)C1=O.O. The normalized spacial score (nSPS) is 19.8. The van der Waals surface area contributed by atoms with E-state index in [4.69, 9.17) is 0 Å². The van der Waals surface area contributed by atoms with Crippen LogP contribution in [0.3, 0.4) is 0 Å². The summed E-state index contributed by atoms with van der Waals surface area (Å²) in [6, 6.07) is 16.0. The molecule has 0 saturated heterocycles. The average Bonchev–Trinajstić information content (AvgIpc) is 3.43. The maximum Gasteiger partial charge on any atom is 0.269 e. The lowest BCUT2D eigenvalue weighted by Crippen LogP contribution is -2.44. The molecule has 0 saturated carbocycles. The summed E-state index contributed by atoms with van der Waals surface area (Å²) < 4.78 is 1.59. The first kappa shape index (κ1) is 21.1. The zero-order valence-corrected chi connectivity index (χ0v) is 17.0. The molecule has 3 aromatic rings. The Hall–Kier alpha value is -4.15. The molecule has 1 atom stereocenters. The van der Waals surface area contributed by atoms with Crippen molar-refractivity contribution in [2.24, 2.45) is 0 Å². The van der Waals surface area contributed by atoms with Crippen molar-refractivity contribution in [3.05, 3.63) is 83.7 Å². The van der Waals surface area contributed by atoms with Crippen LogP contribution in [0.1, 0.15) is 11.3 Å². The fourth-order valence-electron chi connectivity index (χ4n) is 3.91. The number of imide groups is 1. The van der Waals surface area contributed by atoms with Crippen molar-refractivity contribution in [3.63, 3.8) is 0 Å². The fraction of sp³-hybridized carbons (Fsp3) is 0.136. The average molecular weight is 433 g/mol. The van der Waals surface area contributed by atoms with Crippen LogP contribution in [0.2, 0.25) is 0 Å². The van der Waals surface area contributed by atoms with Crippen molar-refractivity contribution < 1.29 is 25.0 Å². The van der Waals surface area contributed by atoms with E-state index in [0.717, 1.165) is 16.7 Å². The molecule has 2 aromatic carbocycles. The van der Waals surface area contributed by atoms with Crippen molar-refractivity contribution in [2.45, 2.75) is 12.1 Å². The Morgan fingerprint density at radius 1 is 1.00 bits per heavy atom. The van der Waals surface area contributed by atoms with Crippen LogP contribution < -0.4 is 4.90 Å². The summed E-state index contributed by atoms with van der Waals surface area (Å²) in [5.41, 5.74) is -0.500. The monoisotopic (exact) mass is 433 g/mol. The van der Waals surface area contributed by atoms with Crippen LogP contribution in [0.5, 0.6) is 0 Å². The standard InChI is InChI=1S/C22H17N5O4.H2O/c1-25-19(28)11-17(20(25)29)22(31)16-9-5-6-10-18(16)26(21(22)30)12-14-13-27(24-23-14)15-7-3-2-4-8-15;/h2-11,13,31H,12H2,1H3;1H2/t22-;/m0./s1. The van der Waals surface area contributed by atoms with Crippen LogP contribution in [0.15, 0.2) is 72.4 Å². The molecule has 3 N–H and O–H groups in total. The molecule has 3 amide bonds. The summed E-state index contributed by atoms with van der Waals surface area (Å²) in [6.07, 6.45) is 2.71. The van der Waals surface area contributed by atoms with Crippen LogP contribution in [0.25, 0.3) is 5.69 Å². The number of hydrogen-bond donors (Lipinski definition) is 1. The third-order valence-corrected chi connectivity index (χ3v) is 5.54. The number of likely N-dealkylation sites (N-methyl/N-ethyl adjacent to an activating group) is 1. The lowest BCUT2D eigenvalue weighted by Gasteiger charge is -2.23. The second-order valence-corrected chi connectivity index (χ2v) is 7.37. The number of aromatic nitrogens is 3. The van der Waals surface area contributed by atoms with Crippen molar-refractivity contribution in [3.8, 4) is 5.69 Å². The molecule has 3 heterocycles. The summed E-state index contributed by atoms with van der Waals surface area (Å²) in [5, 5.41) is 19.7. The number of carbonyl (C=O) groups excluding carboxylic acids is 3. The van der Waals surface area contributed by atoms with Gasteiger partial charge in [-0.3, -0.25) is 19.3 Å². The minimum atomic E-state index is -2.25. The van der Waals surface area contributed by atoms with E-state index in [1.54, 1.807) is 35.1 Å². The Balaban J connectivity index is 0.00000245. The molecule has 10 nitrogen and oxygen atoms in total. The number of amides is 3. The maximum atomic E-state index is 13.4. The smallest absolute Gasteiger partial charge is 0.269 e. The molecule has 0 fully saturated rings. The highest BCUT2D eigenvalue weighted by molar-refractivity contribution is 6.23. The van der Waals surface area contributed by atoms with Crippen molar-refractivity contribution >= 4 is 23.4 Å². The molecule has 32 heavy (non-hydrogen) atoms. The van der Waals surface area contributed by atoms with Gasteiger partial charge in [0.25, 0.3) is 17.7 Å². The molecule has 0 unspecified atom stereocenters. The molecule has 2 aliphatic heterocycles. The number of aliphatic hydroxyl groups is 1. The number of fused-ring (bicyclic) bond motifs is 1. The summed E-state index contributed by atoms with van der Waals surface area (Å²) >= 11 is 0. The number of hydrogen-bond acceptors (Lipinski definition) is 6. The van der Waals surface area contributed by atoms with E-state index < -0.39 is 23.3 Å². The highest BCUT2D eigenvalue weighted by atomic mass is 16.3. The lowest BCUT2D eigenvalue weighted by atomic mass is 9.87. The topological polar surface area (TPSA) is 140 Å². The van der Waals surface area contributed by atoms with Gasteiger partial charge in [0.05, 0.1) is 29.7 Å². The quantitative estimate of drug-likeness (QED) is 0.579. The van der Waals surface area contributed by atoms with Gasteiger partial charge in [-0.2, -0.15) is 0 Å². The molecule has 0 aliphatic carbocycles. The third kappa shape index (κ3) is 2.93. The third-order valence-electron chi connectivity index (χ3n) is 5.54. The summed E-state index contributed by atoms with van der Waals surface area (Å²) in [4.78, 5) is 40.2. The Kier molecular flexibility index (Phi) is 4.96. The van der Waals surface area contributed by atoms with E-state index in [0.29, 0.717) is 11.4 Å².